The molecule has 0 fully saturated rings. The molecule has 0 aliphatic heterocycles. The van der Waals surface area contributed by atoms with Gasteiger partial charge in [0.05, 0.1) is 11.3 Å². The number of rotatable bonds is 9. The Morgan fingerprint density at radius 3 is 2.25 bits per heavy atom. The van der Waals surface area contributed by atoms with Crippen LogP contribution in [0, 0.1) is 6.92 Å². The molecule has 1 aromatic heterocycles. The van der Waals surface area contributed by atoms with E-state index in [0.29, 0.717) is 33.9 Å². The maximum Gasteiger partial charge on any atom is 0.416 e. The number of alkyl halides is 3. The Labute approximate surface area is 212 Å². The second-order valence-corrected chi connectivity index (χ2v) is 10.4. The van der Waals surface area contributed by atoms with Crippen molar-refractivity contribution in [3.8, 4) is 16.3 Å². The summed E-state index contributed by atoms with van der Waals surface area (Å²) < 4.78 is 44.3. The highest BCUT2D eigenvalue weighted by Crippen LogP contribution is 2.36. The number of carboxylic acid groups (broad SMARTS) is 1. The normalized spacial score (nSPS) is 12.1. The van der Waals surface area contributed by atoms with E-state index in [1.54, 1.807) is 25.1 Å². The molecule has 0 bridgehead atoms. The number of hydrogen-bond acceptors (Lipinski definition) is 5. The lowest BCUT2D eigenvalue weighted by Gasteiger charge is -2.22. The Bertz CT molecular complexity index is 1260. The molecule has 0 radical (unpaired) electrons. The number of benzene rings is 2. The van der Waals surface area contributed by atoms with Crippen LogP contribution in [0.3, 0.4) is 0 Å². The predicted molar refractivity (Wildman–Crippen MR) is 133 cm³/mol. The Morgan fingerprint density at radius 1 is 1.08 bits per heavy atom. The van der Waals surface area contributed by atoms with Gasteiger partial charge in [-0.15, -0.1) is 11.3 Å². The summed E-state index contributed by atoms with van der Waals surface area (Å²) in [4.78, 5) is 29.9. The number of ether oxygens (including phenoxy) is 1. The molecule has 9 heteroatoms. The molecule has 0 spiro atoms. The summed E-state index contributed by atoms with van der Waals surface area (Å²) in [5.41, 5.74) is 0.379. The maximum atomic E-state index is 12.9. The van der Waals surface area contributed by atoms with E-state index in [9.17, 15) is 27.9 Å². The molecule has 0 saturated carbocycles. The minimum Gasteiger partial charge on any atom is -0.478 e. The molecule has 0 atom stereocenters. The fourth-order valence-electron chi connectivity index (χ4n) is 3.55. The van der Waals surface area contributed by atoms with Gasteiger partial charge in [-0.3, -0.25) is 4.79 Å². The summed E-state index contributed by atoms with van der Waals surface area (Å²) in [6.07, 6.45) is -3.80. The third-order valence-electron chi connectivity index (χ3n) is 5.68. The zero-order chi connectivity index (χ0) is 26.8. The predicted octanol–water partition coefficient (Wildman–Crippen LogP) is 7.32. The standard InChI is InChI=1S/C27H28F3NO4S/c1-15(2)23-20(31-24(36-23)17-6-9-19(10-7-17)27(28,29)30)11-12-21(32)18-8-13-22(16(3)14-18)35-26(4,5)25(33)34/h6-10,13-15H,11-12H2,1-5H3,(H,33,34). The van der Waals surface area contributed by atoms with E-state index in [4.69, 9.17) is 4.74 Å². The van der Waals surface area contributed by atoms with Crippen LogP contribution in [0.1, 0.15) is 72.1 Å². The van der Waals surface area contributed by atoms with Gasteiger partial charge >= 0.3 is 12.1 Å². The van der Waals surface area contributed by atoms with Gasteiger partial charge in [0.25, 0.3) is 0 Å². The quantitative estimate of drug-likeness (QED) is 0.300. The molecule has 0 aliphatic carbocycles. The van der Waals surface area contributed by atoms with E-state index in [1.807, 2.05) is 13.8 Å². The van der Waals surface area contributed by atoms with Crippen molar-refractivity contribution in [2.45, 2.75) is 65.2 Å². The van der Waals surface area contributed by atoms with Gasteiger partial charge < -0.3 is 9.84 Å². The molecule has 2 aromatic carbocycles. The van der Waals surface area contributed by atoms with Crippen LogP contribution in [0.2, 0.25) is 0 Å². The fourth-order valence-corrected chi connectivity index (χ4v) is 4.67. The number of nitrogens with zero attached hydrogens (tertiary/aromatic N) is 1. The van der Waals surface area contributed by atoms with Crippen LogP contribution in [0.15, 0.2) is 42.5 Å². The van der Waals surface area contributed by atoms with Gasteiger partial charge in [-0.25, -0.2) is 9.78 Å². The monoisotopic (exact) mass is 519 g/mol. The van der Waals surface area contributed by atoms with Crippen molar-refractivity contribution in [1.29, 1.82) is 0 Å². The van der Waals surface area contributed by atoms with Gasteiger partial charge in [0.15, 0.2) is 11.4 Å². The highest BCUT2D eigenvalue weighted by Gasteiger charge is 2.31. The van der Waals surface area contributed by atoms with Gasteiger partial charge in [-0.2, -0.15) is 13.2 Å². The van der Waals surface area contributed by atoms with Crippen LogP contribution in [0.25, 0.3) is 10.6 Å². The summed E-state index contributed by atoms with van der Waals surface area (Å²) in [5, 5.41) is 9.88. The van der Waals surface area contributed by atoms with E-state index >= 15 is 0 Å². The van der Waals surface area contributed by atoms with Crippen LogP contribution < -0.4 is 4.74 Å². The number of halogens is 3. The van der Waals surface area contributed by atoms with Crippen molar-refractivity contribution >= 4 is 23.1 Å². The average molecular weight is 520 g/mol. The van der Waals surface area contributed by atoms with Crippen LogP contribution >= 0.6 is 11.3 Å². The number of aryl methyl sites for hydroxylation is 2. The lowest BCUT2D eigenvalue weighted by molar-refractivity contribution is -0.152. The second kappa shape index (κ2) is 10.4. The van der Waals surface area contributed by atoms with Gasteiger partial charge in [-0.05, 0) is 69.0 Å². The van der Waals surface area contributed by atoms with Crippen molar-refractivity contribution in [2.75, 3.05) is 0 Å². The van der Waals surface area contributed by atoms with E-state index < -0.39 is 23.3 Å². The van der Waals surface area contributed by atoms with Gasteiger partial charge in [0.1, 0.15) is 10.8 Å². The Hall–Kier alpha value is -3.20. The van der Waals surface area contributed by atoms with Crippen molar-refractivity contribution in [3.05, 3.63) is 69.7 Å². The first-order chi connectivity index (χ1) is 16.7. The molecule has 36 heavy (non-hydrogen) atoms. The summed E-state index contributed by atoms with van der Waals surface area (Å²) in [6, 6.07) is 9.80. The van der Waals surface area contributed by atoms with E-state index in [-0.39, 0.29) is 18.1 Å². The average Bonchev–Trinajstić information content (AvgIpc) is 3.23. The Kier molecular flexibility index (Phi) is 7.93. The van der Waals surface area contributed by atoms with Crippen molar-refractivity contribution < 1.29 is 32.6 Å². The first-order valence-electron chi connectivity index (χ1n) is 11.4. The number of thiazole rings is 1. The topological polar surface area (TPSA) is 76.5 Å². The number of carbonyl (C=O) groups is 2. The lowest BCUT2D eigenvalue weighted by atomic mass is 10.0. The fraction of sp³-hybridized carbons (Fsp3) is 0.370. The highest BCUT2D eigenvalue weighted by atomic mass is 32.1. The third kappa shape index (κ3) is 6.32. The molecule has 1 N–H and O–H groups in total. The number of carbonyl (C=O) groups excluding carboxylic acids is 1. The molecule has 0 aliphatic rings. The number of carboxylic acids is 1. The molecule has 0 saturated heterocycles. The molecule has 3 rings (SSSR count). The SMILES string of the molecule is Cc1cc(C(=O)CCc2nc(-c3ccc(C(F)(F)F)cc3)sc2C(C)C)ccc1OC(C)(C)C(=O)O. The minimum absolute atomic E-state index is 0.0964. The van der Waals surface area contributed by atoms with E-state index in [1.165, 1.54) is 37.3 Å². The summed E-state index contributed by atoms with van der Waals surface area (Å²) in [5.74, 6) is -0.656. The number of aromatic nitrogens is 1. The largest absolute Gasteiger partial charge is 0.478 e. The van der Waals surface area contributed by atoms with Gasteiger partial charge in [0, 0.05) is 22.4 Å². The molecule has 192 valence electrons. The van der Waals surface area contributed by atoms with Crippen molar-refractivity contribution in [2.24, 2.45) is 0 Å². The first kappa shape index (κ1) is 27.4. The molecule has 0 amide bonds. The first-order valence-corrected chi connectivity index (χ1v) is 12.2. The molecule has 3 aromatic rings. The zero-order valence-corrected chi connectivity index (χ0v) is 21.5. The van der Waals surface area contributed by atoms with Crippen LogP contribution in [0.5, 0.6) is 5.75 Å². The minimum atomic E-state index is -4.40. The van der Waals surface area contributed by atoms with E-state index in [2.05, 4.69) is 4.98 Å². The molecular weight excluding hydrogens is 491 g/mol. The molecular formula is C27H28F3NO4S. The number of hydrogen-bond donors (Lipinski definition) is 1. The number of aliphatic carboxylic acids is 1. The van der Waals surface area contributed by atoms with Crippen LogP contribution in [-0.4, -0.2) is 27.4 Å². The molecule has 1 heterocycles. The Balaban J connectivity index is 1.75. The third-order valence-corrected chi connectivity index (χ3v) is 7.12. The van der Waals surface area contributed by atoms with Crippen molar-refractivity contribution in [3.63, 3.8) is 0 Å². The zero-order valence-electron chi connectivity index (χ0n) is 20.7. The summed E-state index contributed by atoms with van der Waals surface area (Å²) in [7, 11) is 0. The van der Waals surface area contributed by atoms with Gasteiger partial charge in [0.2, 0.25) is 0 Å². The molecule has 0 unspecified atom stereocenters. The van der Waals surface area contributed by atoms with Crippen LogP contribution in [-0.2, 0) is 17.4 Å². The highest BCUT2D eigenvalue weighted by molar-refractivity contribution is 7.15. The van der Waals surface area contributed by atoms with Gasteiger partial charge in [-0.1, -0.05) is 26.0 Å². The maximum absolute atomic E-state index is 12.9. The molecule has 5 nitrogen and oxygen atoms in total. The van der Waals surface area contributed by atoms with Crippen LogP contribution in [0.4, 0.5) is 13.2 Å². The smallest absolute Gasteiger partial charge is 0.416 e. The number of Topliss-reactive ketones (excluding diaryl/α,β-unsaturated/α-hetero) is 1. The number of ketones is 1. The Morgan fingerprint density at radius 2 is 1.72 bits per heavy atom. The summed E-state index contributed by atoms with van der Waals surface area (Å²) >= 11 is 1.43. The second-order valence-electron chi connectivity index (χ2n) is 9.38. The van der Waals surface area contributed by atoms with Crippen molar-refractivity contribution in [1.82, 2.24) is 4.98 Å². The lowest BCUT2D eigenvalue weighted by Crippen LogP contribution is -2.38. The summed E-state index contributed by atoms with van der Waals surface area (Å²) in [6.45, 7) is 8.67. The van der Waals surface area contributed by atoms with E-state index in [0.717, 1.165) is 22.7 Å².